The number of ether oxygens (including phenoxy) is 1. The summed E-state index contributed by atoms with van der Waals surface area (Å²) in [6, 6.07) is 11.6. The zero-order valence-corrected chi connectivity index (χ0v) is 23.2. The number of hydrogen-bond donors (Lipinski definition) is 1. The van der Waals surface area contributed by atoms with Gasteiger partial charge in [0.25, 0.3) is 0 Å². The molecule has 2 aromatic carbocycles. The van der Waals surface area contributed by atoms with Gasteiger partial charge in [-0.1, -0.05) is 47.1 Å². The van der Waals surface area contributed by atoms with Crippen molar-refractivity contribution in [3.63, 3.8) is 0 Å². The highest BCUT2D eigenvalue weighted by Crippen LogP contribution is 2.29. The minimum Gasteiger partial charge on any atom is -0.458 e. The van der Waals surface area contributed by atoms with Crippen LogP contribution >= 0.6 is 23.2 Å². The standard InChI is InChI=1S/C26H26Cl2F3N5O4/c1-25(2,3)40-24(39)20(11-16-7-5-4-6-8-16)35(23(38)13-27)15-22(37)32-18-12-17(28)9-10-19(18)36-14-21(33-34-36)26(29,30)31/h4-10,12,14,20H,11,13,15H2,1-3H3,(H,32,37)/t20-/m0/s1. The van der Waals surface area contributed by atoms with Gasteiger partial charge in [-0.2, -0.15) is 13.2 Å². The third-order valence-electron chi connectivity index (χ3n) is 5.34. The number of hydrogen-bond acceptors (Lipinski definition) is 6. The molecule has 1 heterocycles. The summed E-state index contributed by atoms with van der Waals surface area (Å²) in [6.45, 7) is 4.37. The summed E-state index contributed by atoms with van der Waals surface area (Å²) in [5.74, 6) is -2.75. The number of nitrogens with zero attached hydrogens (tertiary/aromatic N) is 4. The second-order valence-electron chi connectivity index (χ2n) is 9.65. The number of nitrogens with one attached hydrogen (secondary N) is 1. The van der Waals surface area contributed by atoms with Crippen molar-refractivity contribution in [1.82, 2.24) is 19.9 Å². The van der Waals surface area contributed by atoms with E-state index in [0.717, 1.165) is 9.58 Å². The van der Waals surface area contributed by atoms with Gasteiger partial charge in [0.15, 0.2) is 5.69 Å². The molecular weight excluding hydrogens is 574 g/mol. The SMILES string of the molecule is CC(C)(C)OC(=O)[C@H](Cc1ccccc1)N(CC(=O)Nc1cc(Cl)ccc1-n1cc(C(F)(F)F)nn1)C(=O)CCl. The van der Waals surface area contributed by atoms with Gasteiger partial charge >= 0.3 is 12.1 Å². The zero-order chi connectivity index (χ0) is 29.7. The molecule has 3 aromatic rings. The maximum atomic E-state index is 13.2. The van der Waals surface area contributed by atoms with Crippen molar-refractivity contribution < 1.29 is 32.3 Å². The molecule has 214 valence electrons. The molecular formula is C26H26Cl2F3N5O4. The lowest BCUT2D eigenvalue weighted by Crippen LogP contribution is -2.51. The minimum atomic E-state index is -4.73. The summed E-state index contributed by atoms with van der Waals surface area (Å²) in [7, 11) is 0. The Morgan fingerprint density at radius 3 is 2.35 bits per heavy atom. The molecule has 0 unspecified atom stereocenters. The van der Waals surface area contributed by atoms with E-state index in [1.807, 2.05) is 0 Å². The van der Waals surface area contributed by atoms with Gasteiger partial charge in [0.05, 0.1) is 17.6 Å². The van der Waals surface area contributed by atoms with Crippen LogP contribution in [0.25, 0.3) is 5.69 Å². The van der Waals surface area contributed by atoms with Gasteiger partial charge in [0, 0.05) is 11.4 Å². The smallest absolute Gasteiger partial charge is 0.436 e. The number of rotatable bonds is 9. The molecule has 0 spiro atoms. The topological polar surface area (TPSA) is 106 Å². The molecule has 1 N–H and O–H groups in total. The van der Waals surface area contributed by atoms with Gasteiger partial charge in [-0.3, -0.25) is 9.59 Å². The Bertz CT molecular complexity index is 1360. The summed E-state index contributed by atoms with van der Waals surface area (Å²) in [6.07, 6.45) is -4.04. The molecule has 0 saturated carbocycles. The molecule has 9 nitrogen and oxygen atoms in total. The van der Waals surface area contributed by atoms with Crippen molar-refractivity contribution in [2.45, 2.75) is 45.0 Å². The zero-order valence-electron chi connectivity index (χ0n) is 21.7. The first kappa shape index (κ1) is 30.9. The molecule has 14 heteroatoms. The molecule has 1 aromatic heterocycles. The molecule has 0 aliphatic heterocycles. The highest BCUT2D eigenvalue weighted by molar-refractivity contribution is 6.31. The first-order valence-electron chi connectivity index (χ1n) is 11.9. The van der Waals surface area contributed by atoms with Crippen LogP contribution in [0.15, 0.2) is 54.7 Å². The molecule has 0 radical (unpaired) electrons. The lowest BCUT2D eigenvalue weighted by molar-refractivity contribution is -0.164. The Balaban J connectivity index is 1.92. The van der Waals surface area contributed by atoms with Crippen molar-refractivity contribution in [3.8, 4) is 5.69 Å². The number of carbonyl (C=O) groups is 3. The molecule has 0 fully saturated rings. The monoisotopic (exact) mass is 599 g/mol. The van der Waals surface area contributed by atoms with E-state index in [1.165, 1.54) is 18.2 Å². The largest absolute Gasteiger partial charge is 0.458 e. The quantitative estimate of drug-likeness (QED) is 0.277. The van der Waals surface area contributed by atoms with E-state index in [2.05, 4.69) is 15.6 Å². The van der Waals surface area contributed by atoms with Crippen LogP contribution in [-0.4, -0.2) is 61.7 Å². The maximum absolute atomic E-state index is 13.2. The van der Waals surface area contributed by atoms with Crippen molar-refractivity contribution in [3.05, 3.63) is 71.0 Å². The summed E-state index contributed by atoms with van der Waals surface area (Å²) in [5, 5.41) is 9.32. The second kappa shape index (κ2) is 12.7. The molecule has 40 heavy (non-hydrogen) atoms. The lowest BCUT2D eigenvalue weighted by atomic mass is 10.0. The van der Waals surface area contributed by atoms with E-state index in [9.17, 15) is 27.6 Å². The Kier molecular flexibility index (Phi) is 9.80. The fourth-order valence-corrected chi connectivity index (χ4v) is 3.97. The van der Waals surface area contributed by atoms with Gasteiger partial charge in [-0.25, -0.2) is 9.48 Å². The molecule has 0 bridgehead atoms. The molecule has 0 saturated heterocycles. The molecule has 2 amide bonds. The fourth-order valence-electron chi connectivity index (χ4n) is 3.64. The number of amides is 2. The Morgan fingerprint density at radius 1 is 1.10 bits per heavy atom. The van der Waals surface area contributed by atoms with E-state index in [4.69, 9.17) is 27.9 Å². The van der Waals surface area contributed by atoms with Crippen molar-refractivity contribution >= 4 is 46.7 Å². The van der Waals surface area contributed by atoms with Gasteiger partial charge in [-0.05, 0) is 44.5 Å². The van der Waals surface area contributed by atoms with Crippen LogP contribution in [0, 0.1) is 0 Å². The third-order valence-corrected chi connectivity index (χ3v) is 5.80. The fraction of sp³-hybridized carbons (Fsp3) is 0.346. The van der Waals surface area contributed by atoms with Gasteiger partial charge in [0.1, 0.15) is 24.1 Å². The number of anilines is 1. The number of aromatic nitrogens is 3. The first-order valence-corrected chi connectivity index (χ1v) is 12.8. The van der Waals surface area contributed by atoms with Crippen molar-refractivity contribution in [2.75, 3.05) is 17.7 Å². The summed E-state index contributed by atoms with van der Waals surface area (Å²) >= 11 is 11.9. The first-order chi connectivity index (χ1) is 18.7. The Hall–Kier alpha value is -3.64. The lowest BCUT2D eigenvalue weighted by Gasteiger charge is -2.32. The van der Waals surface area contributed by atoms with E-state index < -0.39 is 53.7 Å². The van der Waals surface area contributed by atoms with E-state index in [-0.39, 0.29) is 22.8 Å². The normalized spacial score (nSPS) is 12.5. The molecule has 0 aliphatic carbocycles. The van der Waals surface area contributed by atoms with Gasteiger partial charge in [0.2, 0.25) is 11.8 Å². The number of halogens is 5. The number of carbonyl (C=O) groups excluding carboxylic acids is 3. The minimum absolute atomic E-state index is 0.00808. The van der Waals surface area contributed by atoms with E-state index >= 15 is 0 Å². The van der Waals surface area contributed by atoms with Crippen LogP contribution in [-0.2, 0) is 31.7 Å². The molecule has 3 rings (SSSR count). The average molecular weight is 600 g/mol. The Morgan fingerprint density at radius 2 is 1.77 bits per heavy atom. The number of esters is 1. The average Bonchev–Trinajstić information content (AvgIpc) is 3.36. The van der Waals surface area contributed by atoms with Crippen LogP contribution in [0.2, 0.25) is 5.02 Å². The highest BCUT2D eigenvalue weighted by atomic mass is 35.5. The predicted octanol–water partition coefficient (Wildman–Crippen LogP) is 4.90. The van der Waals surface area contributed by atoms with Crippen molar-refractivity contribution in [1.29, 1.82) is 0 Å². The summed E-state index contributed by atoms with van der Waals surface area (Å²) in [5.41, 5.74) is -1.39. The summed E-state index contributed by atoms with van der Waals surface area (Å²) in [4.78, 5) is 40.3. The summed E-state index contributed by atoms with van der Waals surface area (Å²) < 4.78 is 45.5. The van der Waals surface area contributed by atoms with Gasteiger partial charge in [-0.15, -0.1) is 16.7 Å². The van der Waals surface area contributed by atoms with Crippen LogP contribution < -0.4 is 5.32 Å². The van der Waals surface area contributed by atoms with Crippen molar-refractivity contribution in [2.24, 2.45) is 0 Å². The Labute approximate surface area is 238 Å². The number of benzene rings is 2. The van der Waals surface area contributed by atoms with Crippen LogP contribution in [0.5, 0.6) is 0 Å². The maximum Gasteiger partial charge on any atom is 0.436 e. The third kappa shape index (κ3) is 8.43. The van der Waals surface area contributed by atoms with E-state index in [1.54, 1.807) is 51.1 Å². The predicted molar refractivity (Wildman–Crippen MR) is 142 cm³/mol. The molecule has 0 aliphatic rings. The van der Waals surface area contributed by atoms with E-state index in [0.29, 0.717) is 11.8 Å². The van der Waals surface area contributed by atoms with Gasteiger partial charge < -0.3 is 15.0 Å². The number of alkyl halides is 4. The second-order valence-corrected chi connectivity index (χ2v) is 10.4. The van der Waals surface area contributed by atoms with Crippen LogP contribution in [0.3, 0.4) is 0 Å². The highest BCUT2D eigenvalue weighted by Gasteiger charge is 2.36. The van der Waals surface area contributed by atoms with Crippen LogP contribution in [0.1, 0.15) is 32.0 Å². The van der Waals surface area contributed by atoms with Crippen LogP contribution in [0.4, 0.5) is 18.9 Å². The molecule has 1 atom stereocenters.